The summed E-state index contributed by atoms with van der Waals surface area (Å²) < 4.78 is 5.62. The van der Waals surface area contributed by atoms with E-state index in [0.717, 1.165) is 31.7 Å². The molecule has 0 amide bonds. The SMILES string of the molecule is CCC1OCCC1CNCc1csc(C(=O)O)n1. The van der Waals surface area contributed by atoms with Gasteiger partial charge in [-0.1, -0.05) is 6.92 Å². The van der Waals surface area contributed by atoms with Crippen molar-refractivity contribution >= 4 is 17.3 Å². The number of ether oxygens (including phenoxy) is 1. The minimum absolute atomic E-state index is 0.155. The molecule has 1 aromatic rings. The van der Waals surface area contributed by atoms with Crippen LogP contribution in [0.5, 0.6) is 0 Å². The molecule has 0 radical (unpaired) electrons. The van der Waals surface area contributed by atoms with Gasteiger partial charge in [0.1, 0.15) is 0 Å². The second-order valence-electron chi connectivity index (χ2n) is 4.45. The van der Waals surface area contributed by atoms with Crippen LogP contribution in [-0.4, -0.2) is 35.3 Å². The van der Waals surface area contributed by atoms with Gasteiger partial charge in [0.15, 0.2) is 0 Å². The van der Waals surface area contributed by atoms with E-state index in [2.05, 4.69) is 17.2 Å². The molecule has 1 aliphatic rings. The summed E-state index contributed by atoms with van der Waals surface area (Å²) in [7, 11) is 0. The van der Waals surface area contributed by atoms with E-state index in [1.165, 1.54) is 11.3 Å². The summed E-state index contributed by atoms with van der Waals surface area (Å²) in [5, 5.41) is 14.1. The molecule has 100 valence electrons. The van der Waals surface area contributed by atoms with E-state index in [1.807, 2.05) is 0 Å². The summed E-state index contributed by atoms with van der Waals surface area (Å²) in [5.74, 6) is -0.394. The summed E-state index contributed by atoms with van der Waals surface area (Å²) in [6.45, 7) is 4.52. The number of aromatic nitrogens is 1. The highest BCUT2D eigenvalue weighted by molar-refractivity contribution is 7.11. The van der Waals surface area contributed by atoms with E-state index >= 15 is 0 Å². The third-order valence-electron chi connectivity index (χ3n) is 3.20. The molecule has 1 fully saturated rings. The number of nitrogens with zero attached hydrogens (tertiary/aromatic N) is 1. The highest BCUT2D eigenvalue weighted by Gasteiger charge is 2.26. The average Bonchev–Trinajstić information content (AvgIpc) is 2.97. The smallest absolute Gasteiger partial charge is 0.365 e. The van der Waals surface area contributed by atoms with Crippen LogP contribution < -0.4 is 5.32 Å². The Morgan fingerprint density at radius 2 is 2.56 bits per heavy atom. The first-order valence-corrected chi connectivity index (χ1v) is 7.08. The number of hydrogen-bond donors (Lipinski definition) is 2. The van der Waals surface area contributed by atoms with Crippen molar-refractivity contribution in [3.8, 4) is 0 Å². The van der Waals surface area contributed by atoms with Crippen molar-refractivity contribution in [1.29, 1.82) is 0 Å². The second kappa shape index (κ2) is 6.26. The number of aromatic carboxylic acids is 1. The topological polar surface area (TPSA) is 71.5 Å². The van der Waals surface area contributed by atoms with Crippen LogP contribution in [0.1, 0.15) is 35.3 Å². The van der Waals surface area contributed by atoms with E-state index in [0.29, 0.717) is 18.6 Å². The number of nitrogens with one attached hydrogen (secondary N) is 1. The lowest BCUT2D eigenvalue weighted by Gasteiger charge is -2.16. The molecule has 6 heteroatoms. The van der Waals surface area contributed by atoms with Crippen LogP contribution in [0.3, 0.4) is 0 Å². The maximum absolute atomic E-state index is 10.7. The van der Waals surface area contributed by atoms with Crippen molar-refractivity contribution in [2.24, 2.45) is 5.92 Å². The van der Waals surface area contributed by atoms with Gasteiger partial charge in [0.05, 0.1) is 11.8 Å². The number of hydrogen-bond acceptors (Lipinski definition) is 5. The largest absolute Gasteiger partial charge is 0.476 e. The van der Waals surface area contributed by atoms with Gasteiger partial charge in [-0.3, -0.25) is 0 Å². The molecule has 1 saturated heterocycles. The molecule has 0 aliphatic carbocycles. The van der Waals surface area contributed by atoms with E-state index < -0.39 is 5.97 Å². The summed E-state index contributed by atoms with van der Waals surface area (Å²) >= 11 is 1.17. The van der Waals surface area contributed by atoms with Gasteiger partial charge in [-0.15, -0.1) is 11.3 Å². The first-order chi connectivity index (χ1) is 8.70. The molecule has 0 spiro atoms. The Bertz CT molecular complexity index is 408. The average molecular weight is 270 g/mol. The Balaban J connectivity index is 1.76. The number of carboxylic acid groups (broad SMARTS) is 1. The van der Waals surface area contributed by atoms with E-state index in [9.17, 15) is 4.79 Å². The lowest BCUT2D eigenvalue weighted by atomic mass is 10.00. The highest BCUT2D eigenvalue weighted by atomic mass is 32.1. The molecule has 5 nitrogen and oxygen atoms in total. The zero-order valence-corrected chi connectivity index (χ0v) is 11.2. The van der Waals surface area contributed by atoms with Crippen molar-refractivity contribution in [3.63, 3.8) is 0 Å². The Hall–Kier alpha value is -0.980. The van der Waals surface area contributed by atoms with Crippen molar-refractivity contribution in [1.82, 2.24) is 10.3 Å². The summed E-state index contributed by atoms with van der Waals surface area (Å²) in [6.07, 6.45) is 2.51. The quantitative estimate of drug-likeness (QED) is 0.824. The molecule has 2 atom stereocenters. The Labute approximate surface area is 110 Å². The van der Waals surface area contributed by atoms with Crippen LogP contribution in [0.2, 0.25) is 0 Å². The minimum Gasteiger partial charge on any atom is -0.476 e. The monoisotopic (exact) mass is 270 g/mol. The fraction of sp³-hybridized carbons (Fsp3) is 0.667. The molecular weight excluding hydrogens is 252 g/mol. The third-order valence-corrected chi connectivity index (χ3v) is 4.08. The van der Waals surface area contributed by atoms with Crippen LogP contribution >= 0.6 is 11.3 Å². The van der Waals surface area contributed by atoms with Gasteiger partial charge in [-0.25, -0.2) is 9.78 Å². The summed E-state index contributed by atoms with van der Waals surface area (Å²) in [4.78, 5) is 14.7. The fourth-order valence-electron chi connectivity index (χ4n) is 2.25. The van der Waals surface area contributed by atoms with Gasteiger partial charge in [0.25, 0.3) is 0 Å². The molecule has 1 aromatic heterocycles. The highest BCUT2D eigenvalue weighted by Crippen LogP contribution is 2.22. The molecular formula is C12H18N2O3S. The van der Waals surface area contributed by atoms with Gasteiger partial charge >= 0.3 is 5.97 Å². The molecule has 2 N–H and O–H groups in total. The fourth-order valence-corrected chi connectivity index (χ4v) is 2.90. The first-order valence-electron chi connectivity index (χ1n) is 6.20. The molecule has 0 bridgehead atoms. The molecule has 0 saturated carbocycles. The number of thiazole rings is 1. The van der Waals surface area contributed by atoms with Crippen molar-refractivity contribution in [2.75, 3.05) is 13.2 Å². The minimum atomic E-state index is -0.957. The van der Waals surface area contributed by atoms with Crippen LogP contribution in [0.25, 0.3) is 0 Å². The molecule has 2 rings (SSSR count). The van der Waals surface area contributed by atoms with E-state index in [-0.39, 0.29) is 5.01 Å². The number of carboxylic acids is 1. The Kier molecular flexibility index (Phi) is 4.68. The molecule has 2 heterocycles. The van der Waals surface area contributed by atoms with Crippen LogP contribution in [-0.2, 0) is 11.3 Å². The van der Waals surface area contributed by atoms with E-state index in [1.54, 1.807) is 5.38 Å². The van der Waals surface area contributed by atoms with Gasteiger partial charge in [0.2, 0.25) is 5.01 Å². The lowest BCUT2D eigenvalue weighted by molar-refractivity contribution is 0.0696. The normalized spacial score (nSPS) is 23.4. The first kappa shape index (κ1) is 13.5. The maximum atomic E-state index is 10.7. The van der Waals surface area contributed by atoms with Gasteiger partial charge in [-0.2, -0.15) is 0 Å². The van der Waals surface area contributed by atoms with Crippen molar-refractivity contribution in [3.05, 3.63) is 16.1 Å². The number of carbonyl (C=O) groups is 1. The summed E-state index contributed by atoms with van der Waals surface area (Å²) in [6, 6.07) is 0. The second-order valence-corrected chi connectivity index (χ2v) is 5.30. The van der Waals surface area contributed by atoms with Crippen LogP contribution in [0.15, 0.2) is 5.38 Å². The van der Waals surface area contributed by atoms with Crippen LogP contribution in [0, 0.1) is 5.92 Å². The standard InChI is InChI=1S/C12H18N2O3S/c1-2-10-8(3-4-17-10)5-13-6-9-7-18-11(14-9)12(15)16/h7-8,10,13H,2-6H2,1H3,(H,15,16). The summed E-state index contributed by atoms with van der Waals surface area (Å²) in [5.41, 5.74) is 0.796. The number of rotatable bonds is 6. The van der Waals surface area contributed by atoms with Crippen LogP contribution in [0.4, 0.5) is 0 Å². The van der Waals surface area contributed by atoms with Gasteiger partial charge < -0.3 is 15.2 Å². The molecule has 18 heavy (non-hydrogen) atoms. The lowest BCUT2D eigenvalue weighted by Crippen LogP contribution is -2.28. The third kappa shape index (κ3) is 3.28. The molecule has 1 aliphatic heterocycles. The van der Waals surface area contributed by atoms with Gasteiger partial charge in [-0.05, 0) is 18.8 Å². The Morgan fingerprint density at radius 1 is 1.72 bits per heavy atom. The molecule has 0 aromatic carbocycles. The van der Waals surface area contributed by atoms with Gasteiger partial charge in [0, 0.05) is 25.1 Å². The predicted molar refractivity (Wildman–Crippen MR) is 68.9 cm³/mol. The molecule has 2 unspecified atom stereocenters. The van der Waals surface area contributed by atoms with Crippen molar-refractivity contribution in [2.45, 2.75) is 32.4 Å². The zero-order chi connectivity index (χ0) is 13.0. The zero-order valence-electron chi connectivity index (χ0n) is 10.4. The predicted octanol–water partition coefficient (Wildman–Crippen LogP) is 1.75. The van der Waals surface area contributed by atoms with E-state index in [4.69, 9.17) is 9.84 Å². The maximum Gasteiger partial charge on any atom is 0.365 e. The Morgan fingerprint density at radius 3 is 3.22 bits per heavy atom. The van der Waals surface area contributed by atoms with Crippen molar-refractivity contribution < 1.29 is 14.6 Å².